The minimum Gasteiger partial charge on any atom is -0.387 e. The second-order valence-corrected chi connectivity index (χ2v) is 9.30. The Morgan fingerprint density at radius 1 is 1.13 bits per heavy atom. The Hall–Kier alpha value is -5.15. The number of hydrogen-bond donors (Lipinski definition) is 3. The Morgan fingerprint density at radius 3 is 2.64 bits per heavy atom. The molecule has 5 aromatic heterocycles. The number of pyridine rings is 2. The highest BCUT2D eigenvalue weighted by Crippen LogP contribution is 2.28. The lowest BCUT2D eigenvalue weighted by molar-refractivity contribution is -0.00177. The molecule has 0 bridgehead atoms. The molecule has 0 radical (unpaired) electrons. The fourth-order valence-electron chi connectivity index (χ4n) is 3.78. The Labute approximate surface area is 221 Å². The van der Waals surface area contributed by atoms with Gasteiger partial charge in [0.1, 0.15) is 24.2 Å². The summed E-state index contributed by atoms with van der Waals surface area (Å²) in [7, 11) is 0. The van der Waals surface area contributed by atoms with Gasteiger partial charge in [0.05, 0.1) is 69.6 Å². The van der Waals surface area contributed by atoms with E-state index in [-0.39, 0.29) is 12.1 Å². The maximum atomic E-state index is 14.3. The number of carbonyl (C=O) groups excluding carboxylic acids is 1. The summed E-state index contributed by atoms with van der Waals surface area (Å²) in [4.78, 5) is 21.9. The van der Waals surface area contributed by atoms with Crippen molar-refractivity contribution >= 4 is 22.8 Å². The van der Waals surface area contributed by atoms with Gasteiger partial charge < -0.3 is 20.3 Å². The van der Waals surface area contributed by atoms with Crippen molar-refractivity contribution in [3.8, 4) is 28.8 Å². The Morgan fingerprint density at radius 2 is 1.95 bits per heavy atom. The summed E-state index contributed by atoms with van der Waals surface area (Å²) in [5, 5.41) is 33.0. The number of halogens is 1. The SMILES string of the molecule is CC(C)(O)[C@H](F)CNC(=O)c1cnc(-c2ccc3cc(C#N)cnn23)cc1Nc1ccc(-c2ccon2)nc1. The summed E-state index contributed by atoms with van der Waals surface area (Å²) in [5.41, 5.74) is 2.95. The van der Waals surface area contributed by atoms with Gasteiger partial charge in [0, 0.05) is 12.3 Å². The molecule has 5 aromatic rings. The zero-order valence-electron chi connectivity index (χ0n) is 21.0. The molecule has 1 atom stereocenters. The fourth-order valence-corrected chi connectivity index (χ4v) is 3.78. The van der Waals surface area contributed by atoms with Gasteiger partial charge in [-0.15, -0.1) is 0 Å². The summed E-state index contributed by atoms with van der Waals surface area (Å²) in [5.74, 6) is -0.576. The van der Waals surface area contributed by atoms with Crippen LogP contribution in [-0.2, 0) is 0 Å². The summed E-state index contributed by atoms with van der Waals surface area (Å²) in [6, 6.07) is 14.3. The maximum Gasteiger partial charge on any atom is 0.255 e. The van der Waals surface area contributed by atoms with Crippen LogP contribution in [0.15, 0.2) is 71.8 Å². The van der Waals surface area contributed by atoms with Crippen LogP contribution < -0.4 is 10.6 Å². The highest BCUT2D eigenvalue weighted by Gasteiger charge is 2.27. The van der Waals surface area contributed by atoms with Gasteiger partial charge in [-0.2, -0.15) is 10.4 Å². The lowest BCUT2D eigenvalue weighted by Gasteiger charge is -2.22. The van der Waals surface area contributed by atoms with Crippen LogP contribution >= 0.6 is 0 Å². The molecule has 196 valence electrons. The number of anilines is 2. The summed E-state index contributed by atoms with van der Waals surface area (Å²) < 4.78 is 20.8. The molecule has 39 heavy (non-hydrogen) atoms. The first-order valence-corrected chi connectivity index (χ1v) is 11.9. The number of hydrogen-bond acceptors (Lipinski definition) is 9. The van der Waals surface area contributed by atoms with Crippen molar-refractivity contribution in [1.82, 2.24) is 30.1 Å². The van der Waals surface area contributed by atoms with Crippen molar-refractivity contribution in [3.05, 3.63) is 78.4 Å². The molecule has 5 rings (SSSR count). The summed E-state index contributed by atoms with van der Waals surface area (Å²) >= 11 is 0. The van der Waals surface area contributed by atoms with Crippen LogP contribution in [0.5, 0.6) is 0 Å². The predicted molar refractivity (Wildman–Crippen MR) is 140 cm³/mol. The van der Waals surface area contributed by atoms with Crippen LogP contribution in [0.2, 0.25) is 0 Å². The normalized spacial score (nSPS) is 12.2. The number of rotatable bonds is 8. The standard InChI is InChI=1S/C27H23FN8O3/c1-27(2,38)25(28)15-32-26(37)19-14-31-23(24-6-4-18-9-16(11-29)12-33-36(18)24)10-22(19)34-17-3-5-20(30-13-17)21-7-8-39-35-21/h3-10,12-14,25,38H,15H2,1-2H3,(H,31,34)(H,32,37)/t25-/m1/s1. The zero-order chi connectivity index (χ0) is 27.6. The van der Waals surface area contributed by atoms with E-state index in [0.29, 0.717) is 45.2 Å². The van der Waals surface area contributed by atoms with Crippen LogP contribution in [0.3, 0.4) is 0 Å². The van der Waals surface area contributed by atoms with Gasteiger partial charge >= 0.3 is 0 Å². The summed E-state index contributed by atoms with van der Waals surface area (Å²) in [6.07, 6.45) is 4.19. The van der Waals surface area contributed by atoms with Gasteiger partial charge in [-0.3, -0.25) is 14.8 Å². The first-order chi connectivity index (χ1) is 18.7. The van der Waals surface area contributed by atoms with Crippen molar-refractivity contribution < 1.29 is 18.8 Å². The molecular weight excluding hydrogens is 503 g/mol. The first kappa shape index (κ1) is 25.5. The molecule has 0 aliphatic carbocycles. The molecule has 0 saturated heterocycles. The molecule has 11 nitrogen and oxygen atoms in total. The highest BCUT2D eigenvalue weighted by molar-refractivity contribution is 6.00. The third-order valence-corrected chi connectivity index (χ3v) is 5.99. The number of nitrogens with one attached hydrogen (secondary N) is 2. The van der Waals surface area contributed by atoms with Gasteiger partial charge in [-0.25, -0.2) is 8.91 Å². The molecule has 0 aliphatic rings. The minimum absolute atomic E-state index is 0.155. The van der Waals surface area contributed by atoms with Crippen LogP contribution in [0.4, 0.5) is 15.8 Å². The third-order valence-electron chi connectivity index (χ3n) is 5.99. The Bertz CT molecular complexity index is 1670. The van der Waals surface area contributed by atoms with Crippen molar-refractivity contribution in [3.63, 3.8) is 0 Å². The largest absolute Gasteiger partial charge is 0.387 e. The summed E-state index contributed by atoms with van der Waals surface area (Å²) in [6.45, 7) is 2.28. The van der Waals surface area contributed by atoms with Crippen molar-refractivity contribution in [2.24, 2.45) is 0 Å². The number of fused-ring (bicyclic) bond motifs is 1. The molecule has 1 amide bonds. The molecule has 0 aliphatic heterocycles. The number of nitriles is 1. The van der Waals surface area contributed by atoms with Crippen LogP contribution in [-0.4, -0.2) is 54.1 Å². The quantitative estimate of drug-likeness (QED) is 0.273. The third kappa shape index (κ3) is 5.43. The lowest BCUT2D eigenvalue weighted by atomic mass is 10.0. The molecule has 0 saturated carbocycles. The van der Waals surface area contributed by atoms with Gasteiger partial charge in [0.15, 0.2) is 0 Å². The Kier molecular flexibility index (Phi) is 6.74. The van der Waals surface area contributed by atoms with Crippen molar-refractivity contribution in [2.45, 2.75) is 25.6 Å². The molecule has 3 N–H and O–H groups in total. The van der Waals surface area contributed by atoms with E-state index in [4.69, 9.17) is 9.78 Å². The maximum absolute atomic E-state index is 14.3. The smallest absolute Gasteiger partial charge is 0.255 e. The lowest BCUT2D eigenvalue weighted by Crippen LogP contribution is -2.42. The molecule has 12 heteroatoms. The van der Waals surface area contributed by atoms with E-state index in [2.05, 4.69) is 36.9 Å². The van der Waals surface area contributed by atoms with Gasteiger partial charge in [-0.05, 0) is 50.2 Å². The molecular formula is C27H23FN8O3. The topological polar surface area (TPSA) is 154 Å². The second-order valence-electron chi connectivity index (χ2n) is 9.30. The van der Waals surface area contributed by atoms with Crippen LogP contribution in [0.25, 0.3) is 28.3 Å². The minimum atomic E-state index is -1.67. The fraction of sp³-hybridized carbons (Fsp3) is 0.185. The molecule has 0 unspecified atom stereocenters. The number of carbonyl (C=O) groups is 1. The predicted octanol–water partition coefficient (Wildman–Crippen LogP) is 3.90. The molecule has 5 heterocycles. The van der Waals surface area contributed by atoms with Crippen LogP contribution in [0, 0.1) is 11.3 Å². The van der Waals surface area contributed by atoms with E-state index >= 15 is 0 Å². The van der Waals surface area contributed by atoms with Gasteiger partial charge in [-0.1, -0.05) is 5.16 Å². The van der Waals surface area contributed by atoms with Gasteiger partial charge in [0.2, 0.25) is 0 Å². The van der Waals surface area contributed by atoms with Crippen molar-refractivity contribution in [1.29, 1.82) is 5.26 Å². The van der Waals surface area contributed by atoms with E-state index in [9.17, 15) is 14.3 Å². The number of nitrogens with zero attached hydrogens (tertiary/aromatic N) is 6. The molecule has 0 fully saturated rings. The van der Waals surface area contributed by atoms with E-state index < -0.39 is 17.7 Å². The average molecular weight is 527 g/mol. The van der Waals surface area contributed by atoms with E-state index in [1.54, 1.807) is 47.1 Å². The van der Waals surface area contributed by atoms with Crippen LogP contribution in [0.1, 0.15) is 29.8 Å². The van der Waals surface area contributed by atoms with E-state index in [1.807, 2.05) is 6.07 Å². The number of aliphatic hydroxyl groups is 1. The average Bonchev–Trinajstić information content (AvgIpc) is 3.61. The van der Waals surface area contributed by atoms with E-state index in [0.717, 1.165) is 0 Å². The number of alkyl halides is 1. The van der Waals surface area contributed by atoms with Crippen molar-refractivity contribution in [2.75, 3.05) is 11.9 Å². The number of aromatic nitrogens is 5. The van der Waals surface area contributed by atoms with E-state index in [1.165, 1.54) is 32.5 Å². The monoisotopic (exact) mass is 526 g/mol. The molecule has 0 aromatic carbocycles. The molecule has 0 spiro atoms. The Balaban J connectivity index is 1.49. The highest BCUT2D eigenvalue weighted by atomic mass is 19.1. The van der Waals surface area contributed by atoms with Gasteiger partial charge in [0.25, 0.3) is 5.91 Å². The zero-order valence-corrected chi connectivity index (χ0v) is 21.0. The second kappa shape index (κ2) is 10.3. The first-order valence-electron chi connectivity index (χ1n) is 11.9. The number of amides is 1.